The van der Waals surface area contributed by atoms with Crippen LogP contribution in [0.25, 0.3) is 0 Å². The molecule has 2 nitrogen and oxygen atoms in total. The zero-order valence-electron chi connectivity index (χ0n) is 11.8. The second-order valence-corrected chi connectivity index (χ2v) is 6.46. The van der Waals surface area contributed by atoms with Gasteiger partial charge in [-0.3, -0.25) is 0 Å². The van der Waals surface area contributed by atoms with Crippen molar-refractivity contribution in [2.45, 2.75) is 62.4 Å². The summed E-state index contributed by atoms with van der Waals surface area (Å²) in [5.74, 6) is 0. The van der Waals surface area contributed by atoms with Gasteiger partial charge < -0.3 is 10.4 Å². The zero-order valence-corrected chi connectivity index (χ0v) is 11.8. The fourth-order valence-corrected chi connectivity index (χ4v) is 3.88. The number of hydrogen-bond donors (Lipinski definition) is 2. The predicted molar refractivity (Wildman–Crippen MR) is 73.9 cm³/mol. The molecule has 2 aliphatic rings. The largest absolute Gasteiger partial charge is 0.416 e. The van der Waals surface area contributed by atoms with Gasteiger partial charge in [0, 0.05) is 18.5 Å². The van der Waals surface area contributed by atoms with Gasteiger partial charge in [0.15, 0.2) is 0 Å². The lowest BCUT2D eigenvalue weighted by molar-refractivity contribution is -0.138. The van der Waals surface area contributed by atoms with E-state index in [1.165, 1.54) is 12.1 Å². The summed E-state index contributed by atoms with van der Waals surface area (Å²) < 4.78 is 39.2. The maximum atomic E-state index is 13.1. The highest BCUT2D eigenvalue weighted by atomic mass is 19.4. The van der Waals surface area contributed by atoms with E-state index in [9.17, 15) is 18.3 Å². The Morgan fingerprint density at radius 1 is 1.14 bits per heavy atom. The van der Waals surface area contributed by atoms with Crippen LogP contribution >= 0.6 is 0 Å². The fourth-order valence-electron chi connectivity index (χ4n) is 3.88. The summed E-state index contributed by atoms with van der Waals surface area (Å²) in [5.41, 5.74) is -1.45. The molecule has 1 aromatic rings. The van der Waals surface area contributed by atoms with E-state index in [4.69, 9.17) is 0 Å². The van der Waals surface area contributed by atoms with E-state index in [0.717, 1.165) is 25.3 Å². The Morgan fingerprint density at radius 3 is 2.38 bits per heavy atom. The van der Waals surface area contributed by atoms with Crippen LogP contribution in [0.15, 0.2) is 24.3 Å². The first-order chi connectivity index (χ1) is 9.86. The Labute approximate surface area is 122 Å². The number of aliphatic hydroxyl groups is 1. The Balaban J connectivity index is 1.83. The number of halogens is 3. The molecule has 2 fully saturated rings. The molecule has 3 rings (SSSR count). The molecule has 2 saturated heterocycles. The molecule has 2 N–H and O–H groups in total. The van der Waals surface area contributed by atoms with E-state index < -0.39 is 17.3 Å². The van der Waals surface area contributed by atoms with Crippen molar-refractivity contribution in [3.05, 3.63) is 35.4 Å². The third kappa shape index (κ3) is 3.24. The van der Waals surface area contributed by atoms with Gasteiger partial charge in [0.1, 0.15) is 0 Å². The molecule has 0 spiro atoms. The highest BCUT2D eigenvalue weighted by molar-refractivity contribution is 5.31. The molecule has 21 heavy (non-hydrogen) atoms. The van der Waals surface area contributed by atoms with Gasteiger partial charge in [-0.1, -0.05) is 24.6 Å². The van der Waals surface area contributed by atoms with E-state index in [2.05, 4.69) is 5.32 Å². The van der Waals surface area contributed by atoms with Crippen LogP contribution in [0.2, 0.25) is 0 Å². The number of alkyl halides is 3. The number of nitrogens with one attached hydrogen (secondary N) is 1. The van der Waals surface area contributed by atoms with Gasteiger partial charge in [-0.05, 0) is 37.3 Å². The van der Waals surface area contributed by atoms with Crippen LogP contribution in [0.4, 0.5) is 13.2 Å². The number of piperidine rings is 2. The summed E-state index contributed by atoms with van der Waals surface area (Å²) in [4.78, 5) is 0. The van der Waals surface area contributed by atoms with E-state index in [1.54, 1.807) is 6.07 Å². The molecule has 1 aromatic carbocycles. The highest BCUT2D eigenvalue weighted by Crippen LogP contribution is 2.38. The molecule has 5 heteroatoms. The van der Waals surface area contributed by atoms with E-state index in [-0.39, 0.29) is 24.1 Å². The molecule has 2 aliphatic heterocycles. The van der Waals surface area contributed by atoms with Crippen molar-refractivity contribution >= 4 is 0 Å². The van der Waals surface area contributed by atoms with Gasteiger partial charge in [0.2, 0.25) is 0 Å². The molecule has 0 aliphatic carbocycles. The van der Waals surface area contributed by atoms with Crippen molar-refractivity contribution in [3.8, 4) is 0 Å². The van der Waals surface area contributed by atoms with Crippen molar-refractivity contribution in [1.82, 2.24) is 5.32 Å². The Hall–Kier alpha value is -1.07. The topological polar surface area (TPSA) is 32.3 Å². The summed E-state index contributed by atoms with van der Waals surface area (Å²) in [6.45, 7) is 0. The highest BCUT2D eigenvalue weighted by Gasteiger charge is 2.42. The summed E-state index contributed by atoms with van der Waals surface area (Å²) in [6, 6.07) is 6.06. The van der Waals surface area contributed by atoms with Crippen LogP contribution in [0, 0.1) is 0 Å². The molecule has 2 bridgehead atoms. The third-order valence-electron chi connectivity index (χ3n) is 4.67. The van der Waals surface area contributed by atoms with Gasteiger partial charge >= 0.3 is 6.18 Å². The number of hydrogen-bond acceptors (Lipinski definition) is 2. The molecule has 2 atom stereocenters. The van der Waals surface area contributed by atoms with Crippen molar-refractivity contribution in [2.24, 2.45) is 0 Å². The van der Waals surface area contributed by atoms with Crippen molar-refractivity contribution < 1.29 is 18.3 Å². The third-order valence-corrected chi connectivity index (χ3v) is 4.67. The van der Waals surface area contributed by atoms with Crippen LogP contribution < -0.4 is 5.32 Å². The maximum absolute atomic E-state index is 13.1. The maximum Gasteiger partial charge on any atom is 0.416 e. The van der Waals surface area contributed by atoms with Crippen molar-refractivity contribution in [3.63, 3.8) is 0 Å². The van der Waals surface area contributed by atoms with E-state index in [1.807, 2.05) is 0 Å². The van der Waals surface area contributed by atoms with Gasteiger partial charge in [0.05, 0.1) is 11.2 Å². The molecule has 0 saturated carbocycles. The van der Waals surface area contributed by atoms with E-state index in [0.29, 0.717) is 12.8 Å². The molecule has 0 radical (unpaired) electrons. The minimum atomic E-state index is -4.37. The Morgan fingerprint density at radius 2 is 1.76 bits per heavy atom. The summed E-state index contributed by atoms with van der Waals surface area (Å²) in [7, 11) is 0. The van der Waals surface area contributed by atoms with Crippen LogP contribution in [0.5, 0.6) is 0 Å². The van der Waals surface area contributed by atoms with Crippen LogP contribution in [0.3, 0.4) is 0 Å². The standard InChI is InChI=1S/C16H20F3NO/c17-16(18,19)14-7-2-1-4-11(14)8-15(21)9-12-5-3-6-13(10-15)20-12/h1-2,4,7,12-13,20-21H,3,5-6,8-10H2. The van der Waals surface area contributed by atoms with Crippen LogP contribution in [-0.4, -0.2) is 22.8 Å². The average Bonchev–Trinajstić information content (AvgIpc) is 2.36. The first kappa shape index (κ1) is 14.9. The van der Waals surface area contributed by atoms with E-state index >= 15 is 0 Å². The zero-order chi connectivity index (χ0) is 15.1. The molecular weight excluding hydrogens is 279 g/mol. The lowest BCUT2D eigenvalue weighted by Crippen LogP contribution is -2.56. The van der Waals surface area contributed by atoms with Crippen LogP contribution in [0.1, 0.15) is 43.2 Å². The lowest BCUT2D eigenvalue weighted by Gasteiger charge is -2.45. The average molecular weight is 299 g/mol. The number of benzene rings is 1. The quantitative estimate of drug-likeness (QED) is 0.878. The second-order valence-electron chi connectivity index (χ2n) is 6.46. The molecule has 0 amide bonds. The first-order valence-electron chi connectivity index (χ1n) is 7.49. The minimum Gasteiger partial charge on any atom is -0.389 e. The Bertz CT molecular complexity index is 502. The monoisotopic (exact) mass is 299 g/mol. The van der Waals surface area contributed by atoms with Crippen molar-refractivity contribution in [1.29, 1.82) is 0 Å². The lowest BCUT2D eigenvalue weighted by atomic mass is 9.74. The summed E-state index contributed by atoms with van der Waals surface area (Å²) in [5, 5.41) is 14.3. The first-order valence-corrected chi connectivity index (χ1v) is 7.49. The SMILES string of the molecule is OC1(Cc2ccccc2C(F)(F)F)CC2CCCC(C1)N2. The molecule has 116 valence electrons. The molecular formula is C16H20F3NO. The number of rotatable bonds is 2. The predicted octanol–water partition coefficient (Wildman–Crippen LogP) is 3.28. The number of fused-ring (bicyclic) bond motifs is 2. The van der Waals surface area contributed by atoms with Gasteiger partial charge in [0.25, 0.3) is 0 Å². The smallest absolute Gasteiger partial charge is 0.389 e. The normalized spacial score (nSPS) is 33.0. The minimum absolute atomic E-state index is 0.0807. The van der Waals surface area contributed by atoms with Crippen molar-refractivity contribution in [2.75, 3.05) is 0 Å². The van der Waals surface area contributed by atoms with Gasteiger partial charge in [-0.15, -0.1) is 0 Å². The Kier molecular flexibility index (Phi) is 3.74. The van der Waals surface area contributed by atoms with Gasteiger partial charge in [-0.25, -0.2) is 0 Å². The molecule has 2 heterocycles. The molecule has 2 unspecified atom stereocenters. The van der Waals surface area contributed by atoms with Crippen LogP contribution in [-0.2, 0) is 12.6 Å². The molecule has 0 aromatic heterocycles. The fraction of sp³-hybridized carbons (Fsp3) is 0.625. The summed E-state index contributed by atoms with van der Waals surface area (Å²) in [6.07, 6.45) is -0.0739. The van der Waals surface area contributed by atoms with Gasteiger partial charge in [-0.2, -0.15) is 13.2 Å². The second kappa shape index (κ2) is 5.29. The summed E-state index contributed by atoms with van der Waals surface area (Å²) >= 11 is 0.